The maximum atomic E-state index is 12.1. The molecule has 120 valence electrons. The Morgan fingerprint density at radius 2 is 2.18 bits per heavy atom. The van der Waals surface area contributed by atoms with Crippen molar-refractivity contribution in [2.45, 2.75) is 26.9 Å². The van der Waals surface area contributed by atoms with Gasteiger partial charge in [0.25, 0.3) is 0 Å². The quantitative estimate of drug-likeness (QED) is 0.786. The lowest BCUT2D eigenvalue weighted by Crippen LogP contribution is -2.07. The molecule has 6 heteroatoms. The van der Waals surface area contributed by atoms with Crippen LogP contribution in [0, 0.1) is 13.8 Å². The van der Waals surface area contributed by atoms with Crippen molar-refractivity contribution in [3.8, 4) is 5.75 Å². The highest BCUT2D eigenvalue weighted by atomic mass is 19.1. The SMILES string of the molecule is Cc1nn(CCO)c(C)c1CNc1cccc(OCCF)c1. The van der Waals surface area contributed by atoms with Crippen molar-refractivity contribution in [3.63, 3.8) is 0 Å². The number of benzene rings is 1. The molecule has 2 aromatic rings. The third-order valence-electron chi connectivity index (χ3n) is 3.49. The number of aryl methyl sites for hydroxylation is 1. The summed E-state index contributed by atoms with van der Waals surface area (Å²) in [6, 6.07) is 7.45. The number of aliphatic hydroxyl groups is 1. The lowest BCUT2D eigenvalue weighted by atomic mass is 10.2. The van der Waals surface area contributed by atoms with Crippen LogP contribution < -0.4 is 10.1 Å². The molecule has 2 N–H and O–H groups in total. The van der Waals surface area contributed by atoms with E-state index in [1.807, 2.05) is 36.7 Å². The van der Waals surface area contributed by atoms with Crippen LogP contribution in [0.4, 0.5) is 10.1 Å². The van der Waals surface area contributed by atoms with Crippen LogP contribution in [0.2, 0.25) is 0 Å². The second-order valence-electron chi connectivity index (χ2n) is 5.01. The standard InChI is InChI=1S/C16H22FN3O2/c1-12-16(13(2)20(19-12)7-8-21)11-18-14-4-3-5-15(10-14)22-9-6-17/h3-5,10,18,21H,6-9,11H2,1-2H3. The van der Waals surface area contributed by atoms with Gasteiger partial charge in [-0.05, 0) is 26.0 Å². The van der Waals surface area contributed by atoms with Gasteiger partial charge in [-0.15, -0.1) is 0 Å². The molecular weight excluding hydrogens is 285 g/mol. The molecule has 22 heavy (non-hydrogen) atoms. The fourth-order valence-corrected chi connectivity index (χ4v) is 2.34. The van der Waals surface area contributed by atoms with Crippen molar-refractivity contribution in [1.29, 1.82) is 0 Å². The van der Waals surface area contributed by atoms with Crippen molar-refractivity contribution < 1.29 is 14.2 Å². The van der Waals surface area contributed by atoms with Gasteiger partial charge < -0.3 is 15.2 Å². The molecule has 0 unspecified atom stereocenters. The molecule has 2 rings (SSSR count). The first kappa shape index (κ1) is 16.3. The number of aromatic nitrogens is 2. The van der Waals surface area contributed by atoms with E-state index in [-0.39, 0.29) is 13.2 Å². The van der Waals surface area contributed by atoms with Crippen LogP contribution in [0.15, 0.2) is 24.3 Å². The molecule has 0 atom stereocenters. The van der Waals surface area contributed by atoms with E-state index < -0.39 is 6.67 Å². The van der Waals surface area contributed by atoms with E-state index in [4.69, 9.17) is 9.84 Å². The first-order chi connectivity index (χ1) is 10.7. The smallest absolute Gasteiger partial charge is 0.123 e. The van der Waals surface area contributed by atoms with Crippen LogP contribution in [-0.2, 0) is 13.1 Å². The highest BCUT2D eigenvalue weighted by Crippen LogP contribution is 2.20. The number of hydrogen-bond donors (Lipinski definition) is 2. The summed E-state index contributed by atoms with van der Waals surface area (Å²) >= 11 is 0. The Morgan fingerprint density at radius 3 is 2.91 bits per heavy atom. The van der Waals surface area contributed by atoms with Crippen molar-refractivity contribution in [2.24, 2.45) is 0 Å². The van der Waals surface area contributed by atoms with Crippen LogP contribution in [0.1, 0.15) is 17.0 Å². The highest BCUT2D eigenvalue weighted by Gasteiger charge is 2.10. The van der Waals surface area contributed by atoms with E-state index >= 15 is 0 Å². The molecule has 0 saturated heterocycles. The van der Waals surface area contributed by atoms with Crippen LogP contribution in [0.25, 0.3) is 0 Å². The molecule has 1 aromatic heterocycles. The van der Waals surface area contributed by atoms with Crippen molar-refractivity contribution >= 4 is 5.69 Å². The van der Waals surface area contributed by atoms with Gasteiger partial charge in [-0.3, -0.25) is 4.68 Å². The van der Waals surface area contributed by atoms with Gasteiger partial charge in [0.1, 0.15) is 19.0 Å². The second-order valence-corrected chi connectivity index (χ2v) is 5.01. The summed E-state index contributed by atoms with van der Waals surface area (Å²) in [4.78, 5) is 0. The molecule has 0 fully saturated rings. The summed E-state index contributed by atoms with van der Waals surface area (Å²) in [6.45, 7) is 4.72. The highest BCUT2D eigenvalue weighted by molar-refractivity contribution is 5.49. The zero-order valence-electron chi connectivity index (χ0n) is 13.0. The molecule has 0 spiro atoms. The van der Waals surface area contributed by atoms with Crippen molar-refractivity contribution in [2.75, 3.05) is 25.2 Å². The van der Waals surface area contributed by atoms with Gasteiger partial charge in [-0.2, -0.15) is 5.10 Å². The molecule has 0 aliphatic carbocycles. The first-order valence-corrected chi connectivity index (χ1v) is 7.32. The minimum absolute atomic E-state index is 0.0651. The molecule has 0 aliphatic heterocycles. The lowest BCUT2D eigenvalue weighted by Gasteiger charge is -2.10. The largest absolute Gasteiger partial charge is 0.491 e. The van der Waals surface area contributed by atoms with Crippen LogP contribution in [0.5, 0.6) is 5.75 Å². The Balaban J connectivity index is 2.04. The number of ether oxygens (including phenoxy) is 1. The van der Waals surface area contributed by atoms with Gasteiger partial charge in [0.05, 0.1) is 18.8 Å². The van der Waals surface area contributed by atoms with E-state index in [2.05, 4.69) is 10.4 Å². The number of anilines is 1. The first-order valence-electron chi connectivity index (χ1n) is 7.32. The number of aliphatic hydroxyl groups excluding tert-OH is 1. The van der Waals surface area contributed by atoms with Gasteiger partial charge in [0.15, 0.2) is 0 Å². The van der Waals surface area contributed by atoms with Crippen LogP contribution >= 0.6 is 0 Å². The molecule has 0 saturated carbocycles. The molecule has 5 nitrogen and oxygen atoms in total. The predicted molar refractivity (Wildman–Crippen MR) is 84.0 cm³/mol. The summed E-state index contributed by atoms with van der Waals surface area (Å²) < 4.78 is 19.2. The van der Waals surface area contributed by atoms with E-state index in [9.17, 15) is 4.39 Å². The fourth-order valence-electron chi connectivity index (χ4n) is 2.34. The molecule has 0 amide bonds. The average molecular weight is 307 g/mol. The summed E-state index contributed by atoms with van der Waals surface area (Å²) in [5.74, 6) is 0.645. The van der Waals surface area contributed by atoms with E-state index in [1.165, 1.54) is 0 Å². The monoisotopic (exact) mass is 307 g/mol. The minimum atomic E-state index is -0.500. The third-order valence-corrected chi connectivity index (χ3v) is 3.49. The topological polar surface area (TPSA) is 59.3 Å². The van der Waals surface area contributed by atoms with Crippen LogP contribution in [-0.4, -0.2) is 34.8 Å². The van der Waals surface area contributed by atoms with Gasteiger partial charge in [0, 0.05) is 29.6 Å². The molecule has 0 bridgehead atoms. The minimum Gasteiger partial charge on any atom is -0.491 e. The van der Waals surface area contributed by atoms with Gasteiger partial charge >= 0.3 is 0 Å². The Hall–Kier alpha value is -2.08. The number of rotatable bonds is 8. The van der Waals surface area contributed by atoms with E-state index in [1.54, 1.807) is 6.07 Å². The summed E-state index contributed by atoms with van der Waals surface area (Å²) in [7, 11) is 0. The van der Waals surface area contributed by atoms with E-state index in [0.717, 1.165) is 22.6 Å². The van der Waals surface area contributed by atoms with Gasteiger partial charge in [0.2, 0.25) is 0 Å². The molecule has 1 aromatic carbocycles. The second kappa shape index (κ2) is 7.79. The molecule has 0 aliphatic rings. The zero-order chi connectivity index (χ0) is 15.9. The Kier molecular flexibility index (Phi) is 5.77. The molecule has 1 heterocycles. The number of halogens is 1. The van der Waals surface area contributed by atoms with Gasteiger partial charge in [-0.1, -0.05) is 6.07 Å². The fraction of sp³-hybridized carbons (Fsp3) is 0.438. The normalized spacial score (nSPS) is 10.7. The summed E-state index contributed by atoms with van der Waals surface area (Å²) in [5, 5.41) is 16.8. The third kappa shape index (κ3) is 3.98. The average Bonchev–Trinajstić information content (AvgIpc) is 2.78. The number of alkyl halides is 1. The summed E-state index contributed by atoms with van der Waals surface area (Å²) in [6.07, 6.45) is 0. The van der Waals surface area contributed by atoms with Gasteiger partial charge in [-0.25, -0.2) is 4.39 Å². The molecular formula is C16H22FN3O2. The summed E-state index contributed by atoms with van der Waals surface area (Å²) in [5.41, 5.74) is 4.01. The van der Waals surface area contributed by atoms with Crippen LogP contribution in [0.3, 0.4) is 0 Å². The number of hydrogen-bond acceptors (Lipinski definition) is 4. The number of nitrogens with zero attached hydrogens (tertiary/aromatic N) is 2. The molecule has 0 radical (unpaired) electrons. The zero-order valence-corrected chi connectivity index (χ0v) is 13.0. The number of nitrogens with one attached hydrogen (secondary N) is 1. The van der Waals surface area contributed by atoms with E-state index in [0.29, 0.717) is 18.8 Å². The predicted octanol–water partition coefficient (Wildman–Crippen LogP) is 2.45. The Bertz CT molecular complexity index is 613. The van der Waals surface area contributed by atoms with Crippen molar-refractivity contribution in [1.82, 2.24) is 9.78 Å². The van der Waals surface area contributed by atoms with Crippen molar-refractivity contribution in [3.05, 3.63) is 41.2 Å². The Labute approximate surface area is 129 Å². The Morgan fingerprint density at radius 1 is 1.36 bits per heavy atom. The lowest BCUT2D eigenvalue weighted by molar-refractivity contribution is 0.268. The maximum absolute atomic E-state index is 12.1. The maximum Gasteiger partial charge on any atom is 0.123 e.